The Hall–Kier alpha value is -2.13. The first kappa shape index (κ1) is 22.2. The van der Waals surface area contributed by atoms with Gasteiger partial charge in [-0.15, -0.1) is 0 Å². The van der Waals surface area contributed by atoms with E-state index in [1.807, 2.05) is 6.92 Å². The van der Waals surface area contributed by atoms with E-state index in [1.165, 1.54) is 13.2 Å². The number of ether oxygens (including phenoxy) is 3. The van der Waals surface area contributed by atoms with Crippen LogP contribution in [0.3, 0.4) is 0 Å². The van der Waals surface area contributed by atoms with Gasteiger partial charge in [0.2, 0.25) is 0 Å². The maximum absolute atomic E-state index is 12.6. The summed E-state index contributed by atoms with van der Waals surface area (Å²) in [5.74, 6) is 0.831. The topological polar surface area (TPSA) is 84.3 Å². The number of aliphatic hydroxyl groups is 1. The molecule has 2 rings (SSSR count). The van der Waals surface area contributed by atoms with Crippen LogP contribution >= 0.6 is 0 Å². The summed E-state index contributed by atoms with van der Waals surface area (Å²) in [6.45, 7) is 2.02. The van der Waals surface area contributed by atoms with Crippen LogP contribution in [0.4, 0.5) is 8.78 Å². The van der Waals surface area contributed by atoms with Crippen LogP contribution in [0.2, 0.25) is 0 Å². The van der Waals surface area contributed by atoms with E-state index >= 15 is 0 Å². The van der Waals surface area contributed by atoms with E-state index in [0.717, 1.165) is 6.42 Å². The van der Waals surface area contributed by atoms with Crippen molar-refractivity contribution >= 4 is 5.96 Å². The molecule has 1 aromatic rings. The maximum Gasteiger partial charge on any atom is 0.387 e. The number of aliphatic imine (C=N–C) groups is 1. The van der Waals surface area contributed by atoms with Crippen LogP contribution < -0.4 is 20.1 Å². The molecule has 0 aromatic heterocycles. The highest BCUT2D eigenvalue weighted by Gasteiger charge is 2.34. The summed E-state index contributed by atoms with van der Waals surface area (Å²) >= 11 is 0. The molecule has 0 aliphatic carbocycles. The van der Waals surface area contributed by atoms with Crippen molar-refractivity contribution in [3.8, 4) is 11.5 Å². The first-order chi connectivity index (χ1) is 13.5. The Balaban J connectivity index is 2.05. The van der Waals surface area contributed by atoms with Gasteiger partial charge in [-0.2, -0.15) is 8.78 Å². The molecule has 7 nitrogen and oxygen atoms in total. The lowest BCUT2D eigenvalue weighted by molar-refractivity contribution is -0.0512. The molecule has 0 bridgehead atoms. The van der Waals surface area contributed by atoms with Crippen molar-refractivity contribution in [3.63, 3.8) is 0 Å². The van der Waals surface area contributed by atoms with Gasteiger partial charge in [-0.1, -0.05) is 6.07 Å². The summed E-state index contributed by atoms with van der Waals surface area (Å²) < 4.78 is 40.2. The molecule has 9 heteroatoms. The molecule has 0 radical (unpaired) electrons. The molecule has 1 aliphatic heterocycles. The van der Waals surface area contributed by atoms with Crippen LogP contribution in [0.5, 0.6) is 11.5 Å². The van der Waals surface area contributed by atoms with E-state index in [1.54, 1.807) is 12.1 Å². The minimum Gasteiger partial charge on any atom is -0.493 e. The number of aliphatic hydroxyl groups excluding tert-OH is 1. The molecule has 28 heavy (non-hydrogen) atoms. The van der Waals surface area contributed by atoms with Gasteiger partial charge >= 0.3 is 6.61 Å². The van der Waals surface area contributed by atoms with E-state index in [-0.39, 0.29) is 30.1 Å². The quantitative estimate of drug-likeness (QED) is 0.412. The number of halogens is 2. The van der Waals surface area contributed by atoms with Gasteiger partial charge in [-0.3, -0.25) is 0 Å². The van der Waals surface area contributed by atoms with Crippen molar-refractivity contribution in [3.05, 3.63) is 23.8 Å². The largest absolute Gasteiger partial charge is 0.493 e. The van der Waals surface area contributed by atoms with Crippen molar-refractivity contribution in [2.75, 3.05) is 40.0 Å². The second-order valence-electron chi connectivity index (χ2n) is 6.69. The SMILES string of the molecule is CCNC(=NCc1ccc(OC)c(OC(F)F)c1)NCC1(CCO)CCOC1. The maximum atomic E-state index is 12.6. The Kier molecular flexibility index (Phi) is 8.72. The van der Waals surface area contributed by atoms with Crippen molar-refractivity contribution < 1.29 is 28.1 Å². The lowest BCUT2D eigenvalue weighted by atomic mass is 9.84. The predicted octanol–water partition coefficient (Wildman–Crippen LogP) is 2.14. The molecule has 1 aliphatic rings. The molecule has 0 amide bonds. The first-order valence-corrected chi connectivity index (χ1v) is 9.34. The van der Waals surface area contributed by atoms with Crippen molar-refractivity contribution in [2.24, 2.45) is 10.4 Å². The summed E-state index contributed by atoms with van der Waals surface area (Å²) in [5.41, 5.74) is 0.603. The van der Waals surface area contributed by atoms with Gasteiger partial charge in [0.25, 0.3) is 0 Å². The van der Waals surface area contributed by atoms with Gasteiger partial charge in [-0.05, 0) is 37.5 Å². The average molecular weight is 401 g/mol. The van der Waals surface area contributed by atoms with Crippen LogP contribution in [-0.4, -0.2) is 57.7 Å². The molecule has 1 unspecified atom stereocenters. The van der Waals surface area contributed by atoms with Crippen LogP contribution in [0.25, 0.3) is 0 Å². The number of hydrogen-bond donors (Lipinski definition) is 3. The van der Waals surface area contributed by atoms with Crippen LogP contribution in [0.1, 0.15) is 25.3 Å². The van der Waals surface area contributed by atoms with E-state index < -0.39 is 6.61 Å². The number of methoxy groups -OCH3 is 1. The molecular weight excluding hydrogens is 372 g/mol. The first-order valence-electron chi connectivity index (χ1n) is 9.34. The van der Waals surface area contributed by atoms with Crippen molar-refractivity contribution in [1.82, 2.24) is 10.6 Å². The molecule has 1 aromatic carbocycles. The fraction of sp³-hybridized carbons (Fsp3) is 0.632. The zero-order chi connectivity index (χ0) is 20.4. The van der Waals surface area contributed by atoms with Crippen LogP contribution in [-0.2, 0) is 11.3 Å². The summed E-state index contributed by atoms with van der Waals surface area (Å²) in [6, 6.07) is 4.83. The average Bonchev–Trinajstić information content (AvgIpc) is 3.13. The van der Waals surface area contributed by atoms with E-state index in [9.17, 15) is 13.9 Å². The lowest BCUT2D eigenvalue weighted by Crippen LogP contribution is -2.44. The van der Waals surface area contributed by atoms with Gasteiger partial charge < -0.3 is 30.0 Å². The number of guanidine groups is 1. The second-order valence-corrected chi connectivity index (χ2v) is 6.69. The number of alkyl halides is 2. The molecule has 158 valence electrons. The molecule has 0 spiro atoms. The molecular formula is C19H29F2N3O4. The molecule has 3 N–H and O–H groups in total. The molecule has 0 saturated carbocycles. The Morgan fingerprint density at radius 1 is 1.36 bits per heavy atom. The van der Waals surface area contributed by atoms with Crippen LogP contribution in [0.15, 0.2) is 23.2 Å². The second kappa shape index (κ2) is 11.0. The van der Waals surface area contributed by atoms with Gasteiger partial charge in [0, 0.05) is 31.7 Å². The molecule has 1 saturated heterocycles. The highest BCUT2D eigenvalue weighted by molar-refractivity contribution is 5.79. The third-order valence-electron chi connectivity index (χ3n) is 4.67. The van der Waals surface area contributed by atoms with Gasteiger partial charge in [0.1, 0.15) is 0 Å². The van der Waals surface area contributed by atoms with E-state index in [2.05, 4.69) is 20.4 Å². The summed E-state index contributed by atoms with van der Waals surface area (Å²) in [4.78, 5) is 4.52. The number of hydrogen-bond acceptors (Lipinski definition) is 5. The van der Waals surface area contributed by atoms with Crippen LogP contribution in [0, 0.1) is 5.41 Å². The minimum absolute atomic E-state index is 0.0202. The monoisotopic (exact) mass is 401 g/mol. The Morgan fingerprint density at radius 3 is 2.79 bits per heavy atom. The Bertz CT molecular complexity index is 638. The summed E-state index contributed by atoms with van der Waals surface area (Å²) in [5, 5.41) is 15.8. The molecule has 1 atom stereocenters. The molecule has 1 fully saturated rings. The third kappa shape index (κ3) is 6.49. The highest BCUT2D eigenvalue weighted by atomic mass is 19.3. The Morgan fingerprint density at radius 2 is 2.18 bits per heavy atom. The number of rotatable bonds is 10. The normalized spacial score (nSPS) is 19.7. The van der Waals surface area contributed by atoms with Crippen molar-refractivity contribution in [1.29, 1.82) is 0 Å². The lowest BCUT2D eigenvalue weighted by Gasteiger charge is -2.27. The van der Waals surface area contributed by atoms with E-state index in [0.29, 0.717) is 44.2 Å². The predicted molar refractivity (Wildman–Crippen MR) is 102 cm³/mol. The minimum atomic E-state index is -2.93. The fourth-order valence-corrected chi connectivity index (χ4v) is 3.10. The van der Waals surface area contributed by atoms with Gasteiger partial charge in [0.05, 0.1) is 20.3 Å². The highest BCUT2D eigenvalue weighted by Crippen LogP contribution is 2.31. The van der Waals surface area contributed by atoms with Gasteiger partial charge in [0.15, 0.2) is 17.5 Å². The summed E-state index contributed by atoms with van der Waals surface area (Å²) in [6.07, 6.45) is 1.54. The number of nitrogens with zero attached hydrogens (tertiary/aromatic N) is 1. The smallest absolute Gasteiger partial charge is 0.387 e. The fourth-order valence-electron chi connectivity index (χ4n) is 3.10. The summed E-state index contributed by atoms with van der Waals surface area (Å²) in [7, 11) is 1.40. The van der Waals surface area contributed by atoms with E-state index in [4.69, 9.17) is 9.47 Å². The van der Waals surface area contributed by atoms with Crippen molar-refractivity contribution in [2.45, 2.75) is 32.9 Å². The Labute approximate surface area is 164 Å². The zero-order valence-electron chi connectivity index (χ0n) is 16.3. The van der Waals surface area contributed by atoms with Gasteiger partial charge in [-0.25, -0.2) is 4.99 Å². The number of benzene rings is 1. The number of nitrogens with one attached hydrogen (secondary N) is 2. The third-order valence-corrected chi connectivity index (χ3v) is 4.67. The molecule has 1 heterocycles. The standard InChI is InChI=1S/C19H29F2N3O4/c1-3-22-18(24-12-19(6-8-25)7-9-27-13-19)23-11-14-4-5-15(26-2)16(10-14)28-17(20)21/h4-5,10,17,25H,3,6-9,11-13H2,1-2H3,(H2,22,23,24). The zero-order valence-corrected chi connectivity index (χ0v) is 16.3.